The molecule has 5 N–H and O–H groups in total. The largest absolute Gasteiger partial charge is 0.364 e. The zero-order chi connectivity index (χ0) is 14.5. The van der Waals surface area contributed by atoms with Crippen LogP contribution in [0.4, 0.5) is 0 Å². The van der Waals surface area contributed by atoms with E-state index in [0.29, 0.717) is 18.9 Å². The van der Waals surface area contributed by atoms with Crippen LogP contribution in [0, 0.1) is 5.92 Å². The van der Waals surface area contributed by atoms with Crippen molar-refractivity contribution in [3.8, 4) is 0 Å². The van der Waals surface area contributed by atoms with Gasteiger partial charge in [0, 0.05) is 25.2 Å². The van der Waals surface area contributed by atoms with Crippen LogP contribution in [0.5, 0.6) is 0 Å². The lowest BCUT2D eigenvalue weighted by molar-refractivity contribution is -0.122. The molecule has 0 aliphatic heterocycles. The van der Waals surface area contributed by atoms with Crippen molar-refractivity contribution in [1.82, 2.24) is 10.3 Å². The van der Waals surface area contributed by atoms with Crippen LogP contribution in [-0.4, -0.2) is 22.8 Å². The monoisotopic (exact) mass is 276 g/mol. The summed E-state index contributed by atoms with van der Waals surface area (Å²) in [5, 5.41) is 2.84. The van der Waals surface area contributed by atoms with Gasteiger partial charge < -0.3 is 16.8 Å². The van der Waals surface area contributed by atoms with Gasteiger partial charge in [0.25, 0.3) is 5.91 Å². The normalized spacial score (nSPS) is 21.6. The SMILES string of the molecule is NC(=O)c1ccc(CNC(=O)C[C@@H]2CCC[C@H]2N)cn1. The summed E-state index contributed by atoms with van der Waals surface area (Å²) in [5.41, 5.74) is 12.1. The standard InChI is InChI=1S/C14H20N4O2/c15-11-3-1-2-10(11)6-13(19)18-8-9-4-5-12(14(16)20)17-7-9/h4-5,7,10-11H,1-3,6,8,15H2,(H2,16,20)(H,18,19)/t10-,11+/m0/s1. The average molecular weight is 276 g/mol. The minimum Gasteiger partial charge on any atom is -0.364 e. The van der Waals surface area contributed by atoms with E-state index in [4.69, 9.17) is 11.5 Å². The van der Waals surface area contributed by atoms with Crippen LogP contribution >= 0.6 is 0 Å². The van der Waals surface area contributed by atoms with Gasteiger partial charge in [-0.25, -0.2) is 0 Å². The molecule has 2 amide bonds. The highest BCUT2D eigenvalue weighted by molar-refractivity contribution is 5.90. The smallest absolute Gasteiger partial charge is 0.267 e. The number of primary amides is 1. The number of hydrogen-bond donors (Lipinski definition) is 3. The number of pyridine rings is 1. The fraction of sp³-hybridized carbons (Fsp3) is 0.500. The highest BCUT2D eigenvalue weighted by Gasteiger charge is 2.25. The Kier molecular flexibility index (Phi) is 4.68. The maximum absolute atomic E-state index is 11.8. The van der Waals surface area contributed by atoms with E-state index < -0.39 is 5.91 Å². The van der Waals surface area contributed by atoms with E-state index in [9.17, 15) is 9.59 Å². The van der Waals surface area contributed by atoms with E-state index >= 15 is 0 Å². The van der Waals surface area contributed by atoms with Gasteiger partial charge in [-0.2, -0.15) is 0 Å². The van der Waals surface area contributed by atoms with Crippen LogP contribution < -0.4 is 16.8 Å². The van der Waals surface area contributed by atoms with Gasteiger partial charge in [-0.3, -0.25) is 14.6 Å². The van der Waals surface area contributed by atoms with E-state index in [1.54, 1.807) is 18.3 Å². The summed E-state index contributed by atoms with van der Waals surface area (Å²) in [7, 11) is 0. The molecule has 1 aromatic rings. The molecule has 1 fully saturated rings. The zero-order valence-electron chi connectivity index (χ0n) is 11.3. The second-order valence-corrected chi connectivity index (χ2v) is 5.25. The van der Waals surface area contributed by atoms with Gasteiger partial charge >= 0.3 is 0 Å². The molecule has 0 spiro atoms. The number of nitrogens with two attached hydrogens (primary N) is 2. The number of nitrogens with one attached hydrogen (secondary N) is 1. The van der Waals surface area contributed by atoms with Crippen LogP contribution in [0.25, 0.3) is 0 Å². The minimum atomic E-state index is -0.559. The summed E-state index contributed by atoms with van der Waals surface area (Å²) in [5.74, 6) is -0.257. The molecule has 0 radical (unpaired) electrons. The first-order valence-electron chi connectivity index (χ1n) is 6.83. The van der Waals surface area contributed by atoms with Crippen LogP contribution in [0.3, 0.4) is 0 Å². The summed E-state index contributed by atoms with van der Waals surface area (Å²) in [6.07, 6.45) is 5.17. The van der Waals surface area contributed by atoms with Crippen LogP contribution in [0.1, 0.15) is 41.7 Å². The van der Waals surface area contributed by atoms with E-state index in [2.05, 4.69) is 10.3 Å². The predicted molar refractivity (Wildman–Crippen MR) is 74.5 cm³/mol. The van der Waals surface area contributed by atoms with Crippen molar-refractivity contribution in [2.24, 2.45) is 17.4 Å². The summed E-state index contributed by atoms with van der Waals surface area (Å²) in [6, 6.07) is 3.43. The molecule has 1 aliphatic carbocycles. The molecule has 108 valence electrons. The molecule has 2 atom stereocenters. The van der Waals surface area contributed by atoms with Crippen molar-refractivity contribution in [3.05, 3.63) is 29.6 Å². The van der Waals surface area contributed by atoms with Crippen LogP contribution in [-0.2, 0) is 11.3 Å². The Bertz CT molecular complexity index is 486. The van der Waals surface area contributed by atoms with E-state index in [-0.39, 0.29) is 17.6 Å². The fourth-order valence-electron chi connectivity index (χ4n) is 2.50. The topological polar surface area (TPSA) is 111 Å². The Labute approximate surface area is 117 Å². The number of rotatable bonds is 5. The number of amides is 2. The molecule has 2 rings (SSSR count). The molecule has 20 heavy (non-hydrogen) atoms. The van der Waals surface area contributed by atoms with Crippen LogP contribution in [0.2, 0.25) is 0 Å². The molecule has 1 aliphatic rings. The Morgan fingerprint density at radius 3 is 2.70 bits per heavy atom. The minimum absolute atomic E-state index is 0.00586. The van der Waals surface area contributed by atoms with Gasteiger partial charge in [-0.1, -0.05) is 12.5 Å². The third kappa shape index (κ3) is 3.77. The molecule has 0 saturated heterocycles. The third-order valence-electron chi connectivity index (χ3n) is 3.73. The number of nitrogens with zero attached hydrogens (tertiary/aromatic N) is 1. The van der Waals surface area contributed by atoms with Crippen molar-refractivity contribution in [3.63, 3.8) is 0 Å². The second-order valence-electron chi connectivity index (χ2n) is 5.25. The first kappa shape index (κ1) is 14.5. The summed E-state index contributed by atoms with van der Waals surface area (Å²) in [6.45, 7) is 0.396. The van der Waals surface area contributed by atoms with Gasteiger partial charge in [0.1, 0.15) is 5.69 Å². The number of carbonyl (C=O) groups is 2. The molecule has 0 bridgehead atoms. The van der Waals surface area contributed by atoms with Crippen molar-refractivity contribution in [2.45, 2.75) is 38.3 Å². The predicted octanol–water partition coefficient (Wildman–Crippen LogP) is 0.314. The Hall–Kier alpha value is -1.95. The molecule has 1 aromatic heterocycles. The third-order valence-corrected chi connectivity index (χ3v) is 3.73. The van der Waals surface area contributed by atoms with Crippen molar-refractivity contribution < 1.29 is 9.59 Å². The first-order chi connectivity index (χ1) is 9.56. The number of hydrogen-bond acceptors (Lipinski definition) is 4. The molecule has 1 heterocycles. The van der Waals surface area contributed by atoms with E-state index in [1.807, 2.05) is 0 Å². The lowest BCUT2D eigenvalue weighted by Crippen LogP contribution is -2.31. The van der Waals surface area contributed by atoms with Crippen LogP contribution in [0.15, 0.2) is 18.3 Å². The molecule has 6 heteroatoms. The van der Waals surface area contributed by atoms with Gasteiger partial charge in [-0.05, 0) is 30.4 Å². The summed E-state index contributed by atoms with van der Waals surface area (Å²) in [4.78, 5) is 26.6. The van der Waals surface area contributed by atoms with E-state index in [0.717, 1.165) is 24.8 Å². The Morgan fingerprint density at radius 1 is 1.35 bits per heavy atom. The van der Waals surface area contributed by atoms with Crippen molar-refractivity contribution in [1.29, 1.82) is 0 Å². The molecule has 6 nitrogen and oxygen atoms in total. The van der Waals surface area contributed by atoms with Gasteiger partial charge in [-0.15, -0.1) is 0 Å². The van der Waals surface area contributed by atoms with Crippen molar-refractivity contribution in [2.75, 3.05) is 0 Å². The fourth-order valence-corrected chi connectivity index (χ4v) is 2.50. The number of carbonyl (C=O) groups excluding carboxylic acids is 2. The van der Waals surface area contributed by atoms with E-state index in [1.165, 1.54) is 0 Å². The Balaban J connectivity index is 1.79. The molecular weight excluding hydrogens is 256 g/mol. The quantitative estimate of drug-likeness (QED) is 0.718. The summed E-state index contributed by atoms with van der Waals surface area (Å²) < 4.78 is 0. The highest BCUT2D eigenvalue weighted by Crippen LogP contribution is 2.26. The maximum atomic E-state index is 11.8. The first-order valence-corrected chi connectivity index (χ1v) is 6.83. The van der Waals surface area contributed by atoms with Gasteiger partial charge in [0.2, 0.25) is 5.91 Å². The van der Waals surface area contributed by atoms with Crippen molar-refractivity contribution >= 4 is 11.8 Å². The molecule has 1 saturated carbocycles. The Morgan fingerprint density at radius 2 is 2.15 bits per heavy atom. The number of aromatic nitrogens is 1. The maximum Gasteiger partial charge on any atom is 0.267 e. The molecular formula is C14H20N4O2. The molecule has 0 unspecified atom stereocenters. The second kappa shape index (κ2) is 6.47. The summed E-state index contributed by atoms with van der Waals surface area (Å²) >= 11 is 0. The highest BCUT2D eigenvalue weighted by atomic mass is 16.2. The van der Waals surface area contributed by atoms with Gasteiger partial charge in [0.05, 0.1) is 0 Å². The lowest BCUT2D eigenvalue weighted by atomic mass is 10.00. The molecule has 0 aromatic carbocycles. The average Bonchev–Trinajstić information content (AvgIpc) is 2.82. The zero-order valence-corrected chi connectivity index (χ0v) is 11.3. The lowest BCUT2D eigenvalue weighted by Gasteiger charge is -2.14. The van der Waals surface area contributed by atoms with Gasteiger partial charge in [0.15, 0.2) is 0 Å².